The standard InChI is InChI=1S/C29H32N2O/c1-22(30-18-9-8-12-24-10-4-3-5-11-24)28-14-7-6-13-26(28)21-31-19-17-25-15-16-27(32)20-29(25)23(31)2/h3-8,10-16,20,23,30,32H,1,9,17-19,21H2,2H3/b12-8+. The molecule has 0 radical (unpaired) electrons. The maximum Gasteiger partial charge on any atom is 0.115 e. The second-order valence-electron chi connectivity index (χ2n) is 8.44. The zero-order valence-corrected chi connectivity index (χ0v) is 18.8. The molecule has 0 aliphatic carbocycles. The highest BCUT2D eigenvalue weighted by Gasteiger charge is 2.24. The van der Waals surface area contributed by atoms with Gasteiger partial charge in [0.2, 0.25) is 0 Å². The maximum atomic E-state index is 9.94. The molecular weight excluding hydrogens is 392 g/mol. The van der Waals surface area contributed by atoms with Crippen molar-refractivity contribution in [1.82, 2.24) is 10.2 Å². The van der Waals surface area contributed by atoms with Crippen LogP contribution in [0.1, 0.15) is 47.2 Å². The smallest absolute Gasteiger partial charge is 0.115 e. The fourth-order valence-electron chi connectivity index (χ4n) is 4.43. The molecule has 0 aromatic heterocycles. The van der Waals surface area contributed by atoms with Crippen molar-refractivity contribution >= 4 is 11.8 Å². The lowest BCUT2D eigenvalue weighted by atomic mass is 9.92. The summed E-state index contributed by atoms with van der Waals surface area (Å²) in [6.45, 7) is 9.27. The summed E-state index contributed by atoms with van der Waals surface area (Å²) >= 11 is 0. The zero-order valence-electron chi connectivity index (χ0n) is 18.8. The molecule has 1 atom stereocenters. The third-order valence-corrected chi connectivity index (χ3v) is 6.27. The lowest BCUT2D eigenvalue weighted by Gasteiger charge is -2.35. The van der Waals surface area contributed by atoms with Crippen LogP contribution in [0, 0.1) is 0 Å². The number of rotatable bonds is 8. The number of nitrogens with zero attached hydrogens (tertiary/aromatic N) is 1. The molecule has 164 valence electrons. The molecule has 0 fully saturated rings. The van der Waals surface area contributed by atoms with Crippen LogP contribution in [-0.2, 0) is 13.0 Å². The van der Waals surface area contributed by atoms with Crippen molar-refractivity contribution in [3.05, 3.63) is 113 Å². The topological polar surface area (TPSA) is 35.5 Å². The summed E-state index contributed by atoms with van der Waals surface area (Å²) in [5.41, 5.74) is 7.22. The van der Waals surface area contributed by atoms with Crippen molar-refractivity contribution < 1.29 is 5.11 Å². The second-order valence-corrected chi connectivity index (χ2v) is 8.44. The van der Waals surface area contributed by atoms with E-state index in [1.165, 1.54) is 27.8 Å². The van der Waals surface area contributed by atoms with E-state index in [1.807, 2.05) is 12.1 Å². The van der Waals surface area contributed by atoms with Crippen LogP contribution in [0.25, 0.3) is 11.8 Å². The second kappa shape index (κ2) is 10.3. The average Bonchev–Trinajstić information content (AvgIpc) is 2.82. The van der Waals surface area contributed by atoms with E-state index in [0.717, 1.165) is 38.2 Å². The predicted molar refractivity (Wildman–Crippen MR) is 134 cm³/mol. The van der Waals surface area contributed by atoms with Gasteiger partial charge in [0.15, 0.2) is 0 Å². The van der Waals surface area contributed by atoms with Gasteiger partial charge in [-0.15, -0.1) is 0 Å². The number of phenolic OH excluding ortho intramolecular Hbond substituents is 1. The summed E-state index contributed by atoms with van der Waals surface area (Å²) in [7, 11) is 0. The Labute approximate surface area is 191 Å². The first-order chi connectivity index (χ1) is 15.6. The first kappa shape index (κ1) is 21.9. The molecule has 4 rings (SSSR count). The first-order valence-corrected chi connectivity index (χ1v) is 11.4. The van der Waals surface area contributed by atoms with Crippen LogP contribution in [0.15, 0.2) is 85.5 Å². The summed E-state index contributed by atoms with van der Waals surface area (Å²) in [4.78, 5) is 2.48. The Hall–Kier alpha value is -3.30. The summed E-state index contributed by atoms with van der Waals surface area (Å²) in [6.07, 6.45) is 6.31. The van der Waals surface area contributed by atoms with Crippen LogP contribution in [0.3, 0.4) is 0 Å². The van der Waals surface area contributed by atoms with E-state index < -0.39 is 0 Å². The fourth-order valence-corrected chi connectivity index (χ4v) is 4.43. The van der Waals surface area contributed by atoms with E-state index in [2.05, 4.69) is 90.5 Å². The maximum absolute atomic E-state index is 9.94. The highest BCUT2D eigenvalue weighted by molar-refractivity contribution is 5.64. The van der Waals surface area contributed by atoms with Gasteiger partial charge in [-0.1, -0.05) is 79.4 Å². The molecule has 1 aliphatic rings. The minimum Gasteiger partial charge on any atom is -0.508 e. The van der Waals surface area contributed by atoms with Crippen molar-refractivity contribution in [2.24, 2.45) is 0 Å². The van der Waals surface area contributed by atoms with Gasteiger partial charge >= 0.3 is 0 Å². The molecule has 1 unspecified atom stereocenters. The molecule has 1 heterocycles. The quantitative estimate of drug-likeness (QED) is 0.424. The molecule has 0 saturated heterocycles. The summed E-state index contributed by atoms with van der Waals surface area (Å²) in [5, 5.41) is 13.4. The molecule has 2 N–H and O–H groups in total. The highest BCUT2D eigenvalue weighted by Crippen LogP contribution is 2.33. The van der Waals surface area contributed by atoms with Crippen molar-refractivity contribution in [2.75, 3.05) is 13.1 Å². The molecule has 0 spiro atoms. The number of aromatic hydroxyl groups is 1. The Bertz CT molecular complexity index is 1090. The van der Waals surface area contributed by atoms with E-state index in [1.54, 1.807) is 6.07 Å². The third-order valence-electron chi connectivity index (χ3n) is 6.27. The van der Waals surface area contributed by atoms with Gasteiger partial charge in [-0.05, 0) is 54.2 Å². The summed E-state index contributed by atoms with van der Waals surface area (Å²) in [5.74, 6) is 0.344. The monoisotopic (exact) mass is 424 g/mol. The van der Waals surface area contributed by atoms with Gasteiger partial charge in [0.1, 0.15) is 5.75 Å². The van der Waals surface area contributed by atoms with Gasteiger partial charge in [-0.25, -0.2) is 0 Å². The molecule has 3 heteroatoms. The average molecular weight is 425 g/mol. The molecule has 3 aromatic rings. The van der Waals surface area contributed by atoms with Crippen molar-refractivity contribution in [1.29, 1.82) is 0 Å². The molecule has 1 aliphatic heterocycles. The Morgan fingerprint density at radius 2 is 1.88 bits per heavy atom. The molecule has 3 nitrogen and oxygen atoms in total. The molecular formula is C29H32N2O. The lowest BCUT2D eigenvalue weighted by Crippen LogP contribution is -2.33. The van der Waals surface area contributed by atoms with Gasteiger partial charge in [-0.2, -0.15) is 0 Å². The normalized spacial score (nSPS) is 16.1. The Morgan fingerprint density at radius 1 is 1.09 bits per heavy atom. The van der Waals surface area contributed by atoms with Crippen molar-refractivity contribution in [3.63, 3.8) is 0 Å². The molecule has 0 bridgehead atoms. The predicted octanol–water partition coefficient (Wildman–Crippen LogP) is 6.18. The SMILES string of the molecule is C=C(NCC/C=C/c1ccccc1)c1ccccc1CN1CCc2ccc(O)cc2C1C. The molecule has 32 heavy (non-hydrogen) atoms. The van der Waals surface area contributed by atoms with Crippen LogP contribution in [-0.4, -0.2) is 23.1 Å². The van der Waals surface area contributed by atoms with Crippen LogP contribution in [0.4, 0.5) is 0 Å². The molecule has 3 aromatic carbocycles. The number of hydrogen-bond acceptors (Lipinski definition) is 3. The van der Waals surface area contributed by atoms with Crippen molar-refractivity contribution in [3.8, 4) is 5.75 Å². The van der Waals surface area contributed by atoms with E-state index in [0.29, 0.717) is 5.75 Å². The minimum atomic E-state index is 0.267. The van der Waals surface area contributed by atoms with Gasteiger partial charge in [0.25, 0.3) is 0 Å². The highest BCUT2D eigenvalue weighted by atomic mass is 16.3. The molecule has 0 saturated carbocycles. The van der Waals surface area contributed by atoms with E-state index in [9.17, 15) is 5.11 Å². The number of phenols is 1. The van der Waals surface area contributed by atoms with E-state index in [-0.39, 0.29) is 6.04 Å². The Morgan fingerprint density at radius 3 is 2.72 bits per heavy atom. The minimum absolute atomic E-state index is 0.267. The third kappa shape index (κ3) is 5.30. The van der Waals surface area contributed by atoms with E-state index >= 15 is 0 Å². The van der Waals surface area contributed by atoms with Crippen LogP contribution in [0.5, 0.6) is 5.75 Å². The zero-order chi connectivity index (χ0) is 22.3. The number of benzene rings is 3. The Balaban J connectivity index is 1.37. The summed E-state index contributed by atoms with van der Waals surface area (Å²) in [6, 6.07) is 24.9. The number of hydrogen-bond donors (Lipinski definition) is 2. The van der Waals surface area contributed by atoms with Gasteiger partial charge in [-0.3, -0.25) is 4.90 Å². The van der Waals surface area contributed by atoms with Gasteiger partial charge < -0.3 is 10.4 Å². The van der Waals surface area contributed by atoms with Crippen LogP contribution in [0.2, 0.25) is 0 Å². The molecule has 0 amide bonds. The fraction of sp³-hybridized carbons (Fsp3) is 0.241. The van der Waals surface area contributed by atoms with Gasteiger partial charge in [0.05, 0.1) is 0 Å². The first-order valence-electron chi connectivity index (χ1n) is 11.4. The van der Waals surface area contributed by atoms with Crippen LogP contribution < -0.4 is 5.32 Å². The largest absolute Gasteiger partial charge is 0.508 e. The number of fused-ring (bicyclic) bond motifs is 1. The van der Waals surface area contributed by atoms with Crippen molar-refractivity contribution in [2.45, 2.75) is 32.4 Å². The lowest BCUT2D eigenvalue weighted by molar-refractivity contribution is 0.189. The summed E-state index contributed by atoms with van der Waals surface area (Å²) < 4.78 is 0. The van der Waals surface area contributed by atoms with Crippen LogP contribution >= 0.6 is 0 Å². The van der Waals surface area contributed by atoms with Gasteiger partial charge in [0, 0.05) is 36.9 Å². The number of nitrogens with one attached hydrogen (secondary N) is 1. The Kier molecular flexibility index (Phi) is 7.08. The van der Waals surface area contributed by atoms with E-state index in [4.69, 9.17) is 0 Å².